The van der Waals surface area contributed by atoms with E-state index in [1.54, 1.807) is 22.0 Å². The summed E-state index contributed by atoms with van der Waals surface area (Å²) in [4.78, 5) is 26.3. The second kappa shape index (κ2) is 10.5. The van der Waals surface area contributed by atoms with E-state index in [9.17, 15) is 18.0 Å². The number of rotatable bonds is 8. The second-order valence-electron chi connectivity index (χ2n) is 10.0. The van der Waals surface area contributed by atoms with Crippen LogP contribution in [0.15, 0.2) is 43.0 Å². The summed E-state index contributed by atoms with van der Waals surface area (Å²) in [5.41, 5.74) is 0.910. The summed E-state index contributed by atoms with van der Waals surface area (Å²) < 4.78 is 46.0. The topological polar surface area (TPSA) is 86.0 Å². The normalized spacial score (nSPS) is 17.0. The van der Waals surface area contributed by atoms with Crippen molar-refractivity contribution in [2.75, 3.05) is 18.1 Å². The van der Waals surface area contributed by atoms with Gasteiger partial charge >= 0.3 is 6.18 Å². The molecule has 1 unspecified atom stereocenters. The molecular weight excluding hydrogens is 489 g/mol. The van der Waals surface area contributed by atoms with Crippen LogP contribution >= 0.6 is 0 Å². The Bertz CT molecular complexity index is 1180. The summed E-state index contributed by atoms with van der Waals surface area (Å²) in [5.74, 6) is 0.168. The molecule has 4 heterocycles. The van der Waals surface area contributed by atoms with E-state index in [2.05, 4.69) is 39.7 Å². The molecule has 1 aliphatic heterocycles. The molecule has 4 rings (SSSR count). The molecule has 192 valence electrons. The number of hydrogen-bond acceptors (Lipinski definition) is 6. The van der Waals surface area contributed by atoms with Gasteiger partial charge in [0.2, 0.25) is 5.91 Å². The first-order valence-electron chi connectivity index (χ1n) is 11.8. The highest BCUT2D eigenvalue weighted by Gasteiger charge is 2.35. The molecule has 0 aromatic carbocycles. The molecule has 0 saturated carbocycles. The lowest BCUT2D eigenvalue weighted by Gasteiger charge is -2.31. The van der Waals surface area contributed by atoms with Gasteiger partial charge in [0.25, 0.3) is 0 Å². The third-order valence-corrected chi connectivity index (χ3v) is 7.73. The molecule has 8 nitrogen and oxygen atoms in total. The Morgan fingerprint density at radius 1 is 1.14 bits per heavy atom. The van der Waals surface area contributed by atoms with E-state index in [4.69, 9.17) is 4.74 Å². The number of pyridine rings is 1. The maximum atomic E-state index is 13.2. The first kappa shape index (κ1) is 26.0. The summed E-state index contributed by atoms with van der Waals surface area (Å²) >= 11 is 0. The SMILES string of the molecule is C[Si](C)(C)CCOCn1nc(-c2ccncc2)cc1N1CCC(c2cnc(C(F)(F)F)cn2)CC1=O. The largest absolute Gasteiger partial charge is 0.434 e. The Morgan fingerprint density at radius 2 is 1.89 bits per heavy atom. The number of aromatic nitrogens is 5. The number of piperidine rings is 1. The summed E-state index contributed by atoms with van der Waals surface area (Å²) in [6, 6.07) is 6.56. The number of alkyl halides is 3. The van der Waals surface area contributed by atoms with E-state index in [-0.39, 0.29) is 25.0 Å². The molecule has 0 aliphatic carbocycles. The Balaban J connectivity index is 1.51. The molecule has 0 spiro atoms. The molecule has 36 heavy (non-hydrogen) atoms. The minimum Gasteiger partial charge on any atom is -0.359 e. The molecule has 1 atom stereocenters. The molecule has 0 radical (unpaired) electrons. The molecule has 0 N–H and O–H groups in total. The molecule has 1 fully saturated rings. The van der Waals surface area contributed by atoms with Crippen molar-refractivity contribution in [3.05, 3.63) is 54.4 Å². The Morgan fingerprint density at radius 3 is 2.50 bits per heavy atom. The molecule has 3 aromatic rings. The molecule has 12 heteroatoms. The zero-order valence-corrected chi connectivity index (χ0v) is 21.5. The highest BCUT2D eigenvalue weighted by molar-refractivity contribution is 6.76. The van der Waals surface area contributed by atoms with Crippen LogP contribution in [0, 0.1) is 0 Å². The van der Waals surface area contributed by atoms with Crippen molar-refractivity contribution >= 4 is 19.8 Å². The van der Waals surface area contributed by atoms with Crippen LogP contribution in [0.5, 0.6) is 0 Å². The van der Waals surface area contributed by atoms with Crippen LogP contribution in [0.2, 0.25) is 25.7 Å². The predicted molar refractivity (Wildman–Crippen MR) is 131 cm³/mol. The first-order chi connectivity index (χ1) is 17.0. The number of carbonyl (C=O) groups excluding carboxylic acids is 1. The fraction of sp³-hybridized carbons (Fsp3) is 0.458. The second-order valence-corrected chi connectivity index (χ2v) is 15.7. The summed E-state index contributed by atoms with van der Waals surface area (Å²) in [5, 5.41) is 4.69. The monoisotopic (exact) mass is 518 g/mol. The molecule has 0 bridgehead atoms. The van der Waals surface area contributed by atoms with Crippen LogP contribution in [0.25, 0.3) is 11.3 Å². The highest BCUT2D eigenvalue weighted by Crippen LogP contribution is 2.33. The van der Waals surface area contributed by atoms with Gasteiger partial charge in [-0.05, 0) is 24.6 Å². The van der Waals surface area contributed by atoms with E-state index in [0.717, 1.165) is 24.0 Å². The quantitative estimate of drug-likeness (QED) is 0.309. The standard InChI is InChI=1S/C24H29F3N6O2Si/c1-36(2,3)11-10-35-16-33-22(13-19(31-33)17-4-7-28-8-5-17)32-9-6-18(12-23(32)34)20-14-30-21(15-29-20)24(25,26)27/h4-5,7-8,13-15,18H,6,9-12,16H2,1-3H3. The Hall–Kier alpha value is -3.12. The number of halogens is 3. The summed E-state index contributed by atoms with van der Waals surface area (Å²) in [7, 11) is -1.25. The van der Waals surface area contributed by atoms with Gasteiger partial charge < -0.3 is 4.74 Å². The van der Waals surface area contributed by atoms with Crippen molar-refractivity contribution < 1.29 is 22.7 Å². The van der Waals surface area contributed by atoms with Crippen molar-refractivity contribution in [1.29, 1.82) is 0 Å². The fourth-order valence-corrected chi connectivity index (χ4v) is 4.69. The third kappa shape index (κ3) is 6.35. The fourth-order valence-electron chi connectivity index (χ4n) is 3.93. The number of anilines is 1. The van der Waals surface area contributed by atoms with Gasteiger partial charge in [-0.25, -0.2) is 9.67 Å². The van der Waals surface area contributed by atoms with Crippen LogP contribution in [0.4, 0.5) is 19.0 Å². The molecular formula is C24H29F3N6O2Si. The van der Waals surface area contributed by atoms with Crippen LogP contribution in [-0.2, 0) is 22.4 Å². The Labute approximate surface area is 208 Å². The van der Waals surface area contributed by atoms with Gasteiger partial charge in [-0.15, -0.1) is 0 Å². The molecule has 1 saturated heterocycles. The summed E-state index contributed by atoms with van der Waals surface area (Å²) in [6.45, 7) is 8.04. The van der Waals surface area contributed by atoms with Gasteiger partial charge in [0.05, 0.1) is 17.6 Å². The van der Waals surface area contributed by atoms with Gasteiger partial charge in [0, 0.05) is 63.8 Å². The summed E-state index contributed by atoms with van der Waals surface area (Å²) in [6.07, 6.45) is 1.31. The Kier molecular flexibility index (Phi) is 7.55. The van der Waals surface area contributed by atoms with Gasteiger partial charge in [0.1, 0.15) is 12.5 Å². The van der Waals surface area contributed by atoms with E-state index in [1.807, 2.05) is 18.2 Å². The highest BCUT2D eigenvalue weighted by atomic mass is 28.3. The van der Waals surface area contributed by atoms with Crippen LogP contribution in [0.1, 0.15) is 30.1 Å². The molecule has 3 aromatic heterocycles. The van der Waals surface area contributed by atoms with Crippen LogP contribution in [0.3, 0.4) is 0 Å². The predicted octanol–water partition coefficient (Wildman–Crippen LogP) is 4.98. The number of ether oxygens (including phenoxy) is 1. The van der Waals surface area contributed by atoms with E-state index in [0.29, 0.717) is 36.8 Å². The van der Waals surface area contributed by atoms with Gasteiger partial charge in [-0.2, -0.15) is 18.3 Å². The minimum absolute atomic E-state index is 0.117. The minimum atomic E-state index is -4.55. The third-order valence-electron chi connectivity index (χ3n) is 6.03. The van der Waals surface area contributed by atoms with E-state index < -0.39 is 19.9 Å². The van der Waals surface area contributed by atoms with Crippen molar-refractivity contribution in [3.63, 3.8) is 0 Å². The van der Waals surface area contributed by atoms with E-state index >= 15 is 0 Å². The molecule has 1 amide bonds. The number of amides is 1. The van der Waals surface area contributed by atoms with Gasteiger partial charge in [-0.1, -0.05) is 19.6 Å². The van der Waals surface area contributed by atoms with Crippen molar-refractivity contribution in [2.24, 2.45) is 0 Å². The maximum absolute atomic E-state index is 13.2. The van der Waals surface area contributed by atoms with Crippen molar-refractivity contribution in [1.82, 2.24) is 24.7 Å². The van der Waals surface area contributed by atoms with Crippen LogP contribution in [-0.4, -0.2) is 51.9 Å². The van der Waals surface area contributed by atoms with Gasteiger partial charge in [-0.3, -0.25) is 19.7 Å². The molecule has 1 aliphatic rings. The zero-order valence-electron chi connectivity index (χ0n) is 20.5. The smallest absolute Gasteiger partial charge is 0.359 e. The average molecular weight is 519 g/mol. The first-order valence-corrected chi connectivity index (χ1v) is 15.5. The zero-order chi connectivity index (χ0) is 25.9. The lowest BCUT2D eigenvalue weighted by atomic mass is 9.93. The van der Waals surface area contributed by atoms with Crippen LogP contribution < -0.4 is 4.90 Å². The average Bonchev–Trinajstić information content (AvgIpc) is 3.25. The maximum Gasteiger partial charge on any atom is 0.434 e. The lowest BCUT2D eigenvalue weighted by Crippen LogP contribution is -2.39. The van der Waals surface area contributed by atoms with Crippen molar-refractivity contribution in [3.8, 4) is 11.3 Å². The number of hydrogen-bond donors (Lipinski definition) is 0. The van der Waals surface area contributed by atoms with Gasteiger partial charge in [0.15, 0.2) is 5.69 Å². The van der Waals surface area contributed by atoms with E-state index in [1.165, 1.54) is 0 Å². The lowest BCUT2D eigenvalue weighted by molar-refractivity contribution is -0.141. The van der Waals surface area contributed by atoms with Crippen molar-refractivity contribution in [2.45, 2.75) is 57.4 Å². The number of carbonyl (C=O) groups is 1. The number of nitrogens with zero attached hydrogens (tertiary/aromatic N) is 6.